The Morgan fingerprint density at radius 1 is 0.955 bits per heavy atom. The van der Waals surface area contributed by atoms with Gasteiger partial charge in [0, 0.05) is 17.8 Å². The Morgan fingerprint density at radius 2 is 1.55 bits per heavy atom. The third kappa shape index (κ3) is 3.75. The predicted molar refractivity (Wildman–Crippen MR) is 71.4 cm³/mol. The van der Waals surface area contributed by atoms with Crippen LogP contribution in [0.2, 0.25) is 0 Å². The van der Waals surface area contributed by atoms with E-state index in [1.165, 1.54) is 19.1 Å². The molecule has 0 heterocycles. The van der Waals surface area contributed by atoms with Gasteiger partial charge in [-0.3, -0.25) is 4.79 Å². The van der Waals surface area contributed by atoms with Gasteiger partial charge in [-0.25, -0.2) is 17.6 Å². The summed E-state index contributed by atoms with van der Waals surface area (Å²) in [6, 6.07) is 5.70. The van der Waals surface area contributed by atoms with Crippen LogP contribution >= 0.6 is 0 Å². The first-order valence-corrected chi connectivity index (χ1v) is 6.24. The lowest BCUT2D eigenvalue weighted by molar-refractivity contribution is -0.122. The average Bonchev–Trinajstić information content (AvgIpc) is 2.46. The number of amides is 1. The monoisotopic (exact) mass is 313 g/mol. The van der Waals surface area contributed by atoms with Crippen LogP contribution in [0.4, 0.5) is 23.2 Å². The van der Waals surface area contributed by atoms with Gasteiger partial charge in [0.1, 0.15) is 5.75 Å². The fourth-order valence-corrected chi connectivity index (χ4v) is 1.63. The molecule has 0 saturated heterocycles. The van der Waals surface area contributed by atoms with Crippen molar-refractivity contribution in [2.45, 2.75) is 13.0 Å². The second-order valence-electron chi connectivity index (χ2n) is 4.45. The number of rotatable bonds is 4. The molecular formula is C15H11F4NO2. The Kier molecular flexibility index (Phi) is 4.65. The Labute approximate surface area is 123 Å². The molecule has 0 aliphatic heterocycles. The zero-order chi connectivity index (χ0) is 16.3. The number of carbonyl (C=O) groups is 1. The fourth-order valence-electron chi connectivity index (χ4n) is 1.63. The van der Waals surface area contributed by atoms with E-state index in [4.69, 9.17) is 4.74 Å². The molecule has 0 saturated carbocycles. The third-order valence-electron chi connectivity index (χ3n) is 2.76. The van der Waals surface area contributed by atoms with Crippen molar-refractivity contribution >= 4 is 11.6 Å². The van der Waals surface area contributed by atoms with E-state index >= 15 is 0 Å². The summed E-state index contributed by atoms with van der Waals surface area (Å²) in [7, 11) is 0. The quantitative estimate of drug-likeness (QED) is 0.875. The van der Waals surface area contributed by atoms with E-state index in [1.807, 2.05) is 0 Å². The molecule has 1 amide bonds. The molecule has 2 rings (SSSR count). The SMILES string of the molecule is C[C@@H](Oc1ccc(F)c(F)c1)C(=O)Nc1ccc(F)c(F)c1. The summed E-state index contributed by atoms with van der Waals surface area (Å²) < 4.78 is 56.8. The Bertz CT molecular complexity index is 706. The van der Waals surface area contributed by atoms with E-state index < -0.39 is 35.3 Å². The summed E-state index contributed by atoms with van der Waals surface area (Å²) in [5.41, 5.74) is 0.0460. The first kappa shape index (κ1) is 15.8. The third-order valence-corrected chi connectivity index (χ3v) is 2.76. The van der Waals surface area contributed by atoms with Gasteiger partial charge in [-0.1, -0.05) is 0 Å². The minimum absolute atomic E-state index is 0.0353. The molecular weight excluding hydrogens is 302 g/mol. The summed E-state index contributed by atoms with van der Waals surface area (Å²) in [6.45, 7) is 1.37. The van der Waals surface area contributed by atoms with Crippen LogP contribution in [0.3, 0.4) is 0 Å². The molecule has 2 aromatic rings. The van der Waals surface area contributed by atoms with E-state index in [2.05, 4.69) is 5.32 Å². The molecule has 0 bridgehead atoms. The molecule has 0 unspecified atom stereocenters. The lowest BCUT2D eigenvalue weighted by Gasteiger charge is -2.15. The maximum Gasteiger partial charge on any atom is 0.265 e. The number of halogens is 4. The van der Waals surface area contributed by atoms with Crippen LogP contribution in [0.25, 0.3) is 0 Å². The van der Waals surface area contributed by atoms with Gasteiger partial charge in [-0.05, 0) is 31.2 Å². The second-order valence-corrected chi connectivity index (χ2v) is 4.45. The van der Waals surface area contributed by atoms with Gasteiger partial charge in [-0.2, -0.15) is 0 Å². The molecule has 1 N–H and O–H groups in total. The van der Waals surface area contributed by atoms with Gasteiger partial charge in [0.15, 0.2) is 29.4 Å². The van der Waals surface area contributed by atoms with Gasteiger partial charge in [-0.15, -0.1) is 0 Å². The van der Waals surface area contributed by atoms with E-state index in [0.29, 0.717) is 0 Å². The van der Waals surface area contributed by atoms with Crippen molar-refractivity contribution in [3.8, 4) is 5.75 Å². The zero-order valence-electron chi connectivity index (χ0n) is 11.4. The summed E-state index contributed by atoms with van der Waals surface area (Å²) in [5, 5.41) is 2.32. The van der Waals surface area contributed by atoms with Gasteiger partial charge in [0.25, 0.3) is 5.91 Å². The van der Waals surface area contributed by atoms with Crippen molar-refractivity contribution in [1.82, 2.24) is 0 Å². The van der Waals surface area contributed by atoms with Crippen molar-refractivity contribution in [2.24, 2.45) is 0 Å². The van der Waals surface area contributed by atoms with Crippen LogP contribution in [0.1, 0.15) is 6.92 Å². The summed E-state index contributed by atoms with van der Waals surface area (Å²) in [5.74, 6) is -4.98. The van der Waals surface area contributed by atoms with Gasteiger partial charge >= 0.3 is 0 Å². The van der Waals surface area contributed by atoms with Crippen molar-refractivity contribution in [3.63, 3.8) is 0 Å². The number of carbonyl (C=O) groups excluding carboxylic acids is 1. The molecule has 0 aliphatic carbocycles. The lowest BCUT2D eigenvalue weighted by Crippen LogP contribution is -2.30. The number of ether oxygens (including phenoxy) is 1. The summed E-state index contributed by atoms with van der Waals surface area (Å²) in [4.78, 5) is 11.8. The second kappa shape index (κ2) is 6.46. The van der Waals surface area contributed by atoms with Crippen LogP contribution in [0.5, 0.6) is 5.75 Å². The average molecular weight is 313 g/mol. The Balaban J connectivity index is 2.02. The molecule has 3 nitrogen and oxygen atoms in total. The van der Waals surface area contributed by atoms with Crippen LogP contribution in [-0.2, 0) is 4.79 Å². The van der Waals surface area contributed by atoms with Crippen molar-refractivity contribution in [1.29, 1.82) is 0 Å². The lowest BCUT2D eigenvalue weighted by atomic mass is 10.2. The fraction of sp³-hybridized carbons (Fsp3) is 0.133. The van der Waals surface area contributed by atoms with E-state index in [-0.39, 0.29) is 11.4 Å². The molecule has 0 aliphatic rings. The van der Waals surface area contributed by atoms with Crippen molar-refractivity contribution < 1.29 is 27.1 Å². The minimum atomic E-state index is -1.11. The summed E-state index contributed by atoms with van der Waals surface area (Å²) in [6.07, 6.45) is -1.06. The van der Waals surface area contributed by atoms with Crippen LogP contribution in [0, 0.1) is 23.3 Å². The molecule has 1 atom stereocenters. The largest absolute Gasteiger partial charge is 0.481 e. The van der Waals surface area contributed by atoms with E-state index in [9.17, 15) is 22.4 Å². The Morgan fingerprint density at radius 3 is 2.14 bits per heavy atom. The van der Waals surface area contributed by atoms with E-state index in [0.717, 1.165) is 24.3 Å². The summed E-state index contributed by atoms with van der Waals surface area (Å²) >= 11 is 0. The molecule has 22 heavy (non-hydrogen) atoms. The number of benzene rings is 2. The molecule has 0 aromatic heterocycles. The minimum Gasteiger partial charge on any atom is -0.481 e. The number of hydrogen-bond donors (Lipinski definition) is 1. The van der Waals surface area contributed by atoms with Gasteiger partial charge in [0.05, 0.1) is 0 Å². The van der Waals surface area contributed by atoms with Crippen molar-refractivity contribution in [3.05, 3.63) is 59.7 Å². The first-order chi connectivity index (χ1) is 10.4. The topological polar surface area (TPSA) is 38.3 Å². The number of hydrogen-bond acceptors (Lipinski definition) is 2. The van der Waals surface area contributed by atoms with Crippen LogP contribution in [-0.4, -0.2) is 12.0 Å². The normalized spacial score (nSPS) is 11.9. The predicted octanol–water partition coefficient (Wildman–Crippen LogP) is 3.65. The van der Waals surface area contributed by atoms with Crippen LogP contribution < -0.4 is 10.1 Å². The molecule has 0 fully saturated rings. The highest BCUT2D eigenvalue weighted by atomic mass is 19.2. The van der Waals surface area contributed by atoms with Gasteiger partial charge < -0.3 is 10.1 Å². The first-order valence-electron chi connectivity index (χ1n) is 6.24. The standard InChI is InChI=1S/C15H11F4NO2/c1-8(22-10-3-5-12(17)14(19)7-10)15(21)20-9-2-4-11(16)13(18)6-9/h2-8H,1H3,(H,20,21)/t8-/m1/s1. The molecule has 116 valence electrons. The van der Waals surface area contributed by atoms with Crippen molar-refractivity contribution in [2.75, 3.05) is 5.32 Å². The Hall–Kier alpha value is -2.57. The van der Waals surface area contributed by atoms with Crippen LogP contribution in [0.15, 0.2) is 36.4 Å². The molecule has 0 spiro atoms. The molecule has 2 aromatic carbocycles. The highest BCUT2D eigenvalue weighted by Gasteiger charge is 2.16. The smallest absolute Gasteiger partial charge is 0.265 e. The zero-order valence-corrected chi connectivity index (χ0v) is 11.4. The maximum atomic E-state index is 13.0. The molecule has 0 radical (unpaired) electrons. The highest BCUT2D eigenvalue weighted by molar-refractivity contribution is 5.94. The van der Waals surface area contributed by atoms with Gasteiger partial charge in [0.2, 0.25) is 0 Å². The molecule has 7 heteroatoms. The number of nitrogens with one attached hydrogen (secondary N) is 1. The van der Waals surface area contributed by atoms with E-state index in [1.54, 1.807) is 0 Å². The number of anilines is 1. The highest BCUT2D eigenvalue weighted by Crippen LogP contribution is 2.18. The maximum absolute atomic E-state index is 13.0.